The lowest BCUT2D eigenvalue weighted by atomic mass is 10.2. The van der Waals surface area contributed by atoms with Crippen LogP contribution in [-0.4, -0.2) is 18.7 Å². The number of hydrogen-bond acceptors (Lipinski definition) is 3. The van der Waals surface area contributed by atoms with Crippen molar-refractivity contribution in [3.63, 3.8) is 0 Å². The molecule has 1 N–H and O–H groups in total. The SMILES string of the molecule is CCCCC(=O)OC1CCCN1. The van der Waals surface area contributed by atoms with Crippen molar-refractivity contribution in [2.75, 3.05) is 6.54 Å². The highest BCUT2D eigenvalue weighted by atomic mass is 16.6. The van der Waals surface area contributed by atoms with Crippen LogP contribution in [0.5, 0.6) is 0 Å². The molecule has 1 fully saturated rings. The van der Waals surface area contributed by atoms with Gasteiger partial charge in [0.15, 0.2) is 6.23 Å². The van der Waals surface area contributed by atoms with Crippen LogP contribution in [0.2, 0.25) is 0 Å². The minimum atomic E-state index is -0.0590. The molecule has 1 heterocycles. The number of rotatable bonds is 4. The van der Waals surface area contributed by atoms with Gasteiger partial charge in [-0.2, -0.15) is 0 Å². The zero-order valence-electron chi connectivity index (χ0n) is 7.64. The standard InChI is InChI=1S/C9H17NO2/c1-2-3-6-9(11)12-8-5-4-7-10-8/h8,10H,2-7H2,1H3. The Labute approximate surface area is 73.5 Å². The Morgan fingerprint density at radius 1 is 1.67 bits per heavy atom. The Morgan fingerprint density at radius 2 is 2.50 bits per heavy atom. The average molecular weight is 171 g/mol. The summed E-state index contributed by atoms with van der Waals surface area (Å²) in [6.07, 6.45) is 4.63. The van der Waals surface area contributed by atoms with Gasteiger partial charge >= 0.3 is 5.97 Å². The third kappa shape index (κ3) is 3.22. The molecule has 0 bridgehead atoms. The molecular weight excluding hydrogens is 154 g/mol. The summed E-state index contributed by atoms with van der Waals surface area (Å²) in [7, 11) is 0. The number of nitrogens with one attached hydrogen (secondary N) is 1. The predicted octanol–water partition coefficient (Wildman–Crippen LogP) is 1.43. The van der Waals surface area contributed by atoms with E-state index >= 15 is 0 Å². The molecule has 0 aromatic carbocycles. The van der Waals surface area contributed by atoms with Crippen molar-refractivity contribution >= 4 is 5.97 Å². The van der Waals surface area contributed by atoms with E-state index in [0.717, 1.165) is 32.2 Å². The normalized spacial score (nSPS) is 22.6. The van der Waals surface area contributed by atoms with E-state index in [1.54, 1.807) is 0 Å². The summed E-state index contributed by atoms with van der Waals surface area (Å²) in [6, 6.07) is 0. The minimum Gasteiger partial charge on any atom is -0.447 e. The van der Waals surface area contributed by atoms with Crippen LogP contribution in [0.25, 0.3) is 0 Å². The van der Waals surface area contributed by atoms with E-state index in [4.69, 9.17) is 4.74 Å². The van der Waals surface area contributed by atoms with Gasteiger partial charge in [-0.1, -0.05) is 13.3 Å². The lowest BCUT2D eigenvalue weighted by Crippen LogP contribution is -2.27. The summed E-state index contributed by atoms with van der Waals surface area (Å²) in [5.74, 6) is -0.0590. The molecule has 3 nitrogen and oxygen atoms in total. The van der Waals surface area contributed by atoms with Gasteiger partial charge < -0.3 is 4.74 Å². The molecule has 1 atom stereocenters. The van der Waals surface area contributed by atoms with Crippen molar-refractivity contribution in [1.82, 2.24) is 5.32 Å². The van der Waals surface area contributed by atoms with Crippen LogP contribution in [0.3, 0.4) is 0 Å². The molecule has 0 aromatic heterocycles. The second-order valence-corrected chi connectivity index (χ2v) is 3.18. The summed E-state index contributed by atoms with van der Waals surface area (Å²) in [5.41, 5.74) is 0. The van der Waals surface area contributed by atoms with Gasteiger partial charge in [-0.3, -0.25) is 10.1 Å². The molecule has 1 aliphatic rings. The number of carbonyl (C=O) groups is 1. The Morgan fingerprint density at radius 3 is 3.08 bits per heavy atom. The van der Waals surface area contributed by atoms with E-state index in [9.17, 15) is 4.79 Å². The smallest absolute Gasteiger partial charge is 0.307 e. The summed E-state index contributed by atoms with van der Waals surface area (Å²) >= 11 is 0. The van der Waals surface area contributed by atoms with Gasteiger partial charge in [-0.15, -0.1) is 0 Å². The topological polar surface area (TPSA) is 38.3 Å². The molecule has 1 unspecified atom stereocenters. The molecule has 1 rings (SSSR count). The number of hydrogen-bond donors (Lipinski definition) is 1. The Balaban J connectivity index is 2.08. The van der Waals surface area contributed by atoms with E-state index in [2.05, 4.69) is 12.2 Å². The first-order valence-corrected chi connectivity index (χ1v) is 4.76. The predicted molar refractivity (Wildman–Crippen MR) is 46.6 cm³/mol. The monoisotopic (exact) mass is 171 g/mol. The van der Waals surface area contributed by atoms with Crippen molar-refractivity contribution in [3.05, 3.63) is 0 Å². The molecule has 1 saturated heterocycles. The van der Waals surface area contributed by atoms with Gasteiger partial charge in [0, 0.05) is 6.42 Å². The third-order valence-corrected chi connectivity index (χ3v) is 2.02. The van der Waals surface area contributed by atoms with E-state index in [1.165, 1.54) is 0 Å². The Kier molecular flexibility index (Phi) is 4.08. The van der Waals surface area contributed by atoms with Gasteiger partial charge in [0.2, 0.25) is 0 Å². The van der Waals surface area contributed by atoms with Crippen LogP contribution >= 0.6 is 0 Å². The number of esters is 1. The zero-order valence-corrected chi connectivity index (χ0v) is 7.64. The molecule has 0 aromatic rings. The van der Waals surface area contributed by atoms with Crippen LogP contribution in [0.1, 0.15) is 39.0 Å². The van der Waals surface area contributed by atoms with Crippen molar-refractivity contribution in [1.29, 1.82) is 0 Å². The van der Waals surface area contributed by atoms with E-state index < -0.39 is 0 Å². The van der Waals surface area contributed by atoms with Crippen molar-refractivity contribution in [2.45, 2.75) is 45.3 Å². The van der Waals surface area contributed by atoms with E-state index in [-0.39, 0.29) is 12.2 Å². The van der Waals surface area contributed by atoms with Gasteiger partial charge in [0.1, 0.15) is 0 Å². The van der Waals surface area contributed by atoms with Crippen LogP contribution in [0.4, 0.5) is 0 Å². The number of unbranched alkanes of at least 4 members (excludes halogenated alkanes) is 1. The summed E-state index contributed by atoms with van der Waals surface area (Å²) in [5, 5.41) is 3.12. The molecule has 0 aliphatic carbocycles. The maximum absolute atomic E-state index is 11.1. The second-order valence-electron chi connectivity index (χ2n) is 3.18. The lowest BCUT2D eigenvalue weighted by molar-refractivity contribution is -0.149. The van der Waals surface area contributed by atoms with Crippen LogP contribution < -0.4 is 5.32 Å². The fourth-order valence-electron chi connectivity index (χ4n) is 1.29. The zero-order chi connectivity index (χ0) is 8.81. The molecule has 0 spiro atoms. The van der Waals surface area contributed by atoms with Crippen LogP contribution in [0.15, 0.2) is 0 Å². The van der Waals surface area contributed by atoms with Gasteiger partial charge in [-0.05, 0) is 25.8 Å². The molecule has 0 saturated carbocycles. The van der Waals surface area contributed by atoms with Crippen molar-refractivity contribution < 1.29 is 9.53 Å². The highest BCUT2D eigenvalue weighted by molar-refractivity contribution is 5.69. The Bertz CT molecular complexity index is 141. The van der Waals surface area contributed by atoms with E-state index in [1.807, 2.05) is 0 Å². The quantitative estimate of drug-likeness (QED) is 0.650. The lowest BCUT2D eigenvalue weighted by Gasteiger charge is -2.11. The fourth-order valence-corrected chi connectivity index (χ4v) is 1.29. The highest BCUT2D eigenvalue weighted by Gasteiger charge is 2.17. The largest absolute Gasteiger partial charge is 0.447 e. The summed E-state index contributed by atoms with van der Waals surface area (Å²) in [6.45, 7) is 3.05. The molecular formula is C9H17NO2. The first-order valence-electron chi connectivity index (χ1n) is 4.76. The Hall–Kier alpha value is -0.570. The fraction of sp³-hybridized carbons (Fsp3) is 0.889. The maximum Gasteiger partial charge on any atom is 0.307 e. The molecule has 70 valence electrons. The van der Waals surface area contributed by atoms with Gasteiger partial charge in [-0.25, -0.2) is 0 Å². The molecule has 0 amide bonds. The average Bonchev–Trinajstić information content (AvgIpc) is 2.53. The van der Waals surface area contributed by atoms with Gasteiger partial charge in [0.05, 0.1) is 0 Å². The number of ether oxygens (including phenoxy) is 1. The number of carbonyl (C=O) groups excluding carboxylic acids is 1. The molecule has 0 radical (unpaired) electrons. The minimum absolute atomic E-state index is 0.00523. The van der Waals surface area contributed by atoms with Gasteiger partial charge in [0.25, 0.3) is 0 Å². The second kappa shape index (κ2) is 5.14. The van der Waals surface area contributed by atoms with Crippen LogP contribution in [-0.2, 0) is 9.53 Å². The van der Waals surface area contributed by atoms with E-state index in [0.29, 0.717) is 6.42 Å². The van der Waals surface area contributed by atoms with Crippen LogP contribution in [0, 0.1) is 0 Å². The van der Waals surface area contributed by atoms with Crippen molar-refractivity contribution in [2.24, 2.45) is 0 Å². The molecule has 1 aliphatic heterocycles. The molecule has 3 heteroatoms. The highest BCUT2D eigenvalue weighted by Crippen LogP contribution is 2.08. The maximum atomic E-state index is 11.1. The first kappa shape index (κ1) is 9.52. The molecule has 12 heavy (non-hydrogen) atoms. The summed E-state index contributed by atoms with van der Waals surface area (Å²) < 4.78 is 5.16. The third-order valence-electron chi connectivity index (χ3n) is 2.02. The first-order chi connectivity index (χ1) is 5.83. The van der Waals surface area contributed by atoms with Crippen molar-refractivity contribution in [3.8, 4) is 0 Å². The summed E-state index contributed by atoms with van der Waals surface area (Å²) in [4.78, 5) is 11.1.